The highest BCUT2D eigenvalue weighted by molar-refractivity contribution is 5.93. The van der Waals surface area contributed by atoms with Gasteiger partial charge in [-0.05, 0) is 42.0 Å². The van der Waals surface area contributed by atoms with Gasteiger partial charge in [-0.1, -0.05) is 12.1 Å². The van der Waals surface area contributed by atoms with Crippen LogP contribution in [0.2, 0.25) is 0 Å². The highest BCUT2D eigenvalue weighted by Crippen LogP contribution is 2.33. The second-order valence-electron chi connectivity index (χ2n) is 6.27. The van der Waals surface area contributed by atoms with Crippen LogP contribution in [0.5, 0.6) is 0 Å². The molecule has 0 amide bonds. The second-order valence-corrected chi connectivity index (χ2v) is 6.27. The van der Waals surface area contributed by atoms with Gasteiger partial charge in [0.25, 0.3) is 0 Å². The predicted octanol–water partition coefficient (Wildman–Crippen LogP) is 4.20. The van der Waals surface area contributed by atoms with Crippen LogP contribution in [0.15, 0.2) is 84.2 Å². The maximum absolute atomic E-state index is 12.3. The number of aromatic nitrogens is 4. The minimum atomic E-state index is -0.0544. The summed E-state index contributed by atoms with van der Waals surface area (Å²) in [4.78, 5) is 28.7. The van der Waals surface area contributed by atoms with Crippen LogP contribution in [0.3, 0.4) is 0 Å². The van der Waals surface area contributed by atoms with Crippen molar-refractivity contribution < 1.29 is 0 Å². The molecule has 5 heteroatoms. The third kappa shape index (κ3) is 2.66. The Labute approximate surface area is 154 Å². The molecule has 0 aliphatic heterocycles. The lowest BCUT2D eigenvalue weighted by Crippen LogP contribution is -2.03. The molecule has 0 fully saturated rings. The van der Waals surface area contributed by atoms with Crippen LogP contribution in [0.25, 0.3) is 44.3 Å². The number of pyridine rings is 4. The van der Waals surface area contributed by atoms with Gasteiger partial charge in [-0.3, -0.25) is 14.8 Å². The molecular weight excluding hydrogens is 336 g/mol. The van der Waals surface area contributed by atoms with Crippen molar-refractivity contribution in [1.29, 1.82) is 0 Å². The number of aromatic amines is 1. The van der Waals surface area contributed by atoms with Crippen LogP contribution < -0.4 is 5.43 Å². The molecule has 0 radical (unpaired) electrons. The summed E-state index contributed by atoms with van der Waals surface area (Å²) >= 11 is 0. The maximum atomic E-state index is 12.3. The fourth-order valence-corrected chi connectivity index (χ4v) is 3.29. The first-order valence-electron chi connectivity index (χ1n) is 8.57. The van der Waals surface area contributed by atoms with Gasteiger partial charge in [0.05, 0.1) is 16.6 Å². The number of hydrogen-bond donors (Lipinski definition) is 1. The molecule has 4 aromatic heterocycles. The van der Waals surface area contributed by atoms with Crippen molar-refractivity contribution in [2.75, 3.05) is 0 Å². The lowest BCUT2D eigenvalue weighted by molar-refractivity contribution is 1.26. The van der Waals surface area contributed by atoms with Crippen molar-refractivity contribution in [1.82, 2.24) is 19.9 Å². The van der Waals surface area contributed by atoms with Gasteiger partial charge in [0.15, 0.2) is 5.43 Å². The molecule has 0 atom stereocenters. The molecule has 1 N–H and O–H groups in total. The van der Waals surface area contributed by atoms with Gasteiger partial charge >= 0.3 is 0 Å². The summed E-state index contributed by atoms with van der Waals surface area (Å²) < 4.78 is 0. The molecule has 0 aliphatic carbocycles. The largest absolute Gasteiger partial charge is 0.346 e. The third-order valence-electron chi connectivity index (χ3n) is 4.61. The van der Waals surface area contributed by atoms with E-state index < -0.39 is 0 Å². The van der Waals surface area contributed by atoms with Crippen LogP contribution in [0, 0.1) is 0 Å². The van der Waals surface area contributed by atoms with E-state index in [0.717, 1.165) is 33.3 Å². The highest BCUT2D eigenvalue weighted by atomic mass is 16.1. The Morgan fingerprint density at radius 3 is 2.63 bits per heavy atom. The lowest BCUT2D eigenvalue weighted by Gasteiger charge is -2.11. The topological polar surface area (TPSA) is 71.5 Å². The van der Waals surface area contributed by atoms with Crippen LogP contribution in [0.4, 0.5) is 0 Å². The minimum Gasteiger partial charge on any atom is -0.346 e. The quantitative estimate of drug-likeness (QED) is 0.518. The Bertz CT molecular complexity index is 1340. The molecule has 27 heavy (non-hydrogen) atoms. The Balaban J connectivity index is 1.85. The number of benzene rings is 1. The highest BCUT2D eigenvalue weighted by Gasteiger charge is 2.13. The van der Waals surface area contributed by atoms with E-state index in [0.29, 0.717) is 11.0 Å². The van der Waals surface area contributed by atoms with Crippen molar-refractivity contribution in [2.24, 2.45) is 0 Å². The van der Waals surface area contributed by atoms with Crippen LogP contribution in [0.1, 0.15) is 0 Å². The monoisotopic (exact) mass is 350 g/mol. The van der Waals surface area contributed by atoms with E-state index in [1.807, 2.05) is 42.5 Å². The average molecular weight is 350 g/mol. The van der Waals surface area contributed by atoms with E-state index in [-0.39, 0.29) is 5.43 Å². The second kappa shape index (κ2) is 6.14. The van der Waals surface area contributed by atoms with Gasteiger partial charge in [-0.2, -0.15) is 0 Å². The van der Waals surface area contributed by atoms with Crippen LogP contribution >= 0.6 is 0 Å². The zero-order chi connectivity index (χ0) is 18.2. The molecular formula is C22H14N4O. The van der Waals surface area contributed by atoms with Crippen molar-refractivity contribution in [3.8, 4) is 22.4 Å². The van der Waals surface area contributed by atoms with Crippen molar-refractivity contribution >= 4 is 21.9 Å². The molecule has 5 aromatic rings. The normalized spacial score (nSPS) is 11.1. The van der Waals surface area contributed by atoms with Gasteiger partial charge in [0.2, 0.25) is 0 Å². The van der Waals surface area contributed by atoms with Gasteiger partial charge in [-0.25, -0.2) is 4.98 Å². The standard InChI is InChI=1S/C22H14N4O/c27-20-7-11-25-22-18(20)13-17(21(26-22)14-5-9-23-10-6-14)15-3-4-19-16(12-15)2-1-8-24-19/h1-13H,(H,25,26,27). The summed E-state index contributed by atoms with van der Waals surface area (Å²) in [7, 11) is 0. The number of H-pyrrole nitrogens is 1. The average Bonchev–Trinajstić information content (AvgIpc) is 2.73. The zero-order valence-electron chi connectivity index (χ0n) is 14.3. The summed E-state index contributed by atoms with van der Waals surface area (Å²) in [6.07, 6.45) is 6.88. The molecule has 0 spiro atoms. The summed E-state index contributed by atoms with van der Waals surface area (Å²) in [5.41, 5.74) is 5.07. The van der Waals surface area contributed by atoms with Crippen LogP contribution in [-0.2, 0) is 0 Å². The van der Waals surface area contributed by atoms with E-state index in [1.54, 1.807) is 24.8 Å². The predicted molar refractivity (Wildman–Crippen MR) is 106 cm³/mol. The van der Waals surface area contributed by atoms with Crippen LogP contribution in [-0.4, -0.2) is 19.9 Å². The molecule has 5 rings (SSSR count). The van der Waals surface area contributed by atoms with E-state index in [2.05, 4.69) is 21.0 Å². The molecule has 0 saturated carbocycles. The maximum Gasteiger partial charge on any atom is 0.191 e. The summed E-state index contributed by atoms with van der Waals surface area (Å²) in [5.74, 6) is 0. The third-order valence-corrected chi connectivity index (χ3v) is 4.61. The minimum absolute atomic E-state index is 0.0544. The summed E-state index contributed by atoms with van der Waals surface area (Å²) in [6.45, 7) is 0. The van der Waals surface area contributed by atoms with E-state index in [1.165, 1.54) is 6.07 Å². The molecule has 0 aliphatic rings. The van der Waals surface area contributed by atoms with Gasteiger partial charge in [0, 0.05) is 47.4 Å². The van der Waals surface area contributed by atoms with Gasteiger partial charge < -0.3 is 4.98 Å². The number of nitrogens with zero attached hydrogens (tertiary/aromatic N) is 3. The number of fused-ring (bicyclic) bond motifs is 2. The molecule has 1 aromatic carbocycles. The van der Waals surface area contributed by atoms with E-state index in [4.69, 9.17) is 4.98 Å². The van der Waals surface area contributed by atoms with E-state index >= 15 is 0 Å². The first-order valence-corrected chi connectivity index (χ1v) is 8.57. The first kappa shape index (κ1) is 15.4. The number of rotatable bonds is 2. The number of nitrogens with one attached hydrogen (secondary N) is 1. The SMILES string of the molecule is O=c1cc[nH]c2nc(-c3ccncc3)c(-c3ccc4ncccc4c3)cc12. The molecule has 0 unspecified atom stereocenters. The zero-order valence-corrected chi connectivity index (χ0v) is 14.3. The Hall–Kier alpha value is -3.86. The van der Waals surface area contributed by atoms with Gasteiger partial charge in [0.1, 0.15) is 5.65 Å². The number of hydrogen-bond acceptors (Lipinski definition) is 4. The fraction of sp³-hybridized carbons (Fsp3) is 0. The molecule has 0 saturated heterocycles. The fourth-order valence-electron chi connectivity index (χ4n) is 3.29. The molecule has 0 bridgehead atoms. The molecule has 128 valence electrons. The smallest absolute Gasteiger partial charge is 0.191 e. The van der Waals surface area contributed by atoms with Crippen molar-refractivity contribution in [2.45, 2.75) is 0 Å². The Morgan fingerprint density at radius 2 is 1.74 bits per heavy atom. The van der Waals surface area contributed by atoms with E-state index in [9.17, 15) is 4.79 Å². The summed E-state index contributed by atoms with van der Waals surface area (Å²) in [5, 5.41) is 1.61. The Morgan fingerprint density at radius 1 is 0.852 bits per heavy atom. The van der Waals surface area contributed by atoms with Crippen molar-refractivity contribution in [3.05, 3.63) is 89.6 Å². The van der Waals surface area contributed by atoms with Crippen molar-refractivity contribution in [3.63, 3.8) is 0 Å². The van der Waals surface area contributed by atoms with Gasteiger partial charge in [-0.15, -0.1) is 0 Å². The Kier molecular flexibility index (Phi) is 3.50. The first-order chi connectivity index (χ1) is 13.3. The molecule has 5 nitrogen and oxygen atoms in total. The lowest BCUT2D eigenvalue weighted by atomic mass is 9.97. The summed E-state index contributed by atoms with van der Waals surface area (Å²) in [6, 6.07) is 17.3. The molecule has 4 heterocycles.